The molecule has 106 valence electrons. The average molecular weight is 277 g/mol. The lowest BCUT2D eigenvalue weighted by Gasteiger charge is -2.09. The molecule has 0 amide bonds. The number of Topliss-reactive ketones (excluding diaryl/α,β-unsaturated/α-hetero) is 1. The maximum absolute atomic E-state index is 11.5. The van der Waals surface area contributed by atoms with Crippen molar-refractivity contribution in [3.8, 4) is 0 Å². The molecule has 0 radical (unpaired) electrons. The maximum Gasteiger partial charge on any atom is 0.354 e. The van der Waals surface area contributed by atoms with Gasteiger partial charge in [0, 0.05) is 11.3 Å². The van der Waals surface area contributed by atoms with Crippen molar-refractivity contribution in [2.24, 2.45) is 0 Å². The lowest BCUT2D eigenvalue weighted by molar-refractivity contribution is -0.138. The number of carbonyl (C=O) groups is 3. The van der Waals surface area contributed by atoms with E-state index in [9.17, 15) is 14.4 Å². The van der Waals surface area contributed by atoms with Gasteiger partial charge in [0.2, 0.25) is 0 Å². The number of ketones is 1. The van der Waals surface area contributed by atoms with E-state index in [2.05, 4.69) is 14.8 Å². The summed E-state index contributed by atoms with van der Waals surface area (Å²) in [4.78, 5) is 33.9. The summed E-state index contributed by atoms with van der Waals surface area (Å²) >= 11 is 0. The molecule has 0 bridgehead atoms. The second kappa shape index (κ2) is 7.08. The van der Waals surface area contributed by atoms with Gasteiger partial charge >= 0.3 is 11.9 Å². The highest BCUT2D eigenvalue weighted by atomic mass is 16.5. The highest BCUT2D eigenvalue weighted by Gasteiger charge is 2.12. The number of ether oxygens (including phenoxy) is 2. The van der Waals surface area contributed by atoms with Crippen molar-refractivity contribution in [3.63, 3.8) is 0 Å². The third-order valence-corrected chi connectivity index (χ3v) is 2.44. The Labute approximate surface area is 116 Å². The number of benzene rings is 1. The molecule has 0 aromatic heterocycles. The van der Waals surface area contributed by atoms with Crippen LogP contribution in [0.15, 0.2) is 36.0 Å². The van der Waals surface area contributed by atoms with Crippen LogP contribution in [-0.4, -0.2) is 31.9 Å². The van der Waals surface area contributed by atoms with Crippen LogP contribution < -0.4 is 5.32 Å². The number of methoxy groups -OCH3 is 2. The van der Waals surface area contributed by atoms with Gasteiger partial charge in [0.25, 0.3) is 0 Å². The van der Waals surface area contributed by atoms with E-state index >= 15 is 0 Å². The minimum atomic E-state index is -0.703. The van der Waals surface area contributed by atoms with Crippen LogP contribution >= 0.6 is 0 Å². The molecule has 0 spiro atoms. The van der Waals surface area contributed by atoms with Crippen molar-refractivity contribution in [2.45, 2.75) is 6.92 Å². The molecular formula is C14H15NO5. The molecule has 0 saturated heterocycles. The highest BCUT2D eigenvalue weighted by molar-refractivity contribution is 5.99. The van der Waals surface area contributed by atoms with E-state index in [1.54, 1.807) is 24.3 Å². The van der Waals surface area contributed by atoms with E-state index in [0.717, 1.165) is 6.08 Å². The Kier molecular flexibility index (Phi) is 5.46. The normalized spacial score (nSPS) is 10.7. The first-order chi connectivity index (χ1) is 9.47. The van der Waals surface area contributed by atoms with Gasteiger partial charge in [0.15, 0.2) is 5.78 Å². The fraction of sp³-hybridized carbons (Fsp3) is 0.214. The number of hydrogen-bond acceptors (Lipinski definition) is 6. The van der Waals surface area contributed by atoms with E-state index in [0.29, 0.717) is 11.3 Å². The largest absolute Gasteiger partial charge is 0.466 e. The molecule has 0 aliphatic heterocycles. The summed E-state index contributed by atoms with van der Waals surface area (Å²) in [6, 6.07) is 6.45. The molecule has 1 aromatic rings. The van der Waals surface area contributed by atoms with Gasteiger partial charge in [-0.25, -0.2) is 9.59 Å². The predicted molar refractivity (Wildman–Crippen MR) is 72.2 cm³/mol. The van der Waals surface area contributed by atoms with Crippen LogP contribution in [0.5, 0.6) is 0 Å². The van der Waals surface area contributed by atoms with E-state index in [-0.39, 0.29) is 11.5 Å². The molecule has 0 atom stereocenters. The first kappa shape index (κ1) is 15.4. The summed E-state index contributed by atoms with van der Waals surface area (Å²) < 4.78 is 9.02. The Balaban J connectivity index is 2.95. The van der Waals surface area contributed by atoms with Gasteiger partial charge in [-0.3, -0.25) is 4.79 Å². The lowest BCUT2D eigenvalue weighted by Crippen LogP contribution is -2.15. The smallest absolute Gasteiger partial charge is 0.354 e. The van der Waals surface area contributed by atoms with E-state index in [1.165, 1.54) is 21.1 Å². The molecule has 0 fully saturated rings. The maximum atomic E-state index is 11.5. The minimum Gasteiger partial charge on any atom is -0.466 e. The van der Waals surface area contributed by atoms with Crippen molar-refractivity contribution in [2.75, 3.05) is 19.5 Å². The Morgan fingerprint density at radius 3 is 2.10 bits per heavy atom. The van der Waals surface area contributed by atoms with Crippen LogP contribution in [-0.2, 0) is 19.1 Å². The summed E-state index contributed by atoms with van der Waals surface area (Å²) in [5, 5.41) is 2.74. The summed E-state index contributed by atoms with van der Waals surface area (Å²) in [6.07, 6.45) is 0.991. The Hall–Kier alpha value is -2.63. The molecule has 0 unspecified atom stereocenters. The molecule has 0 saturated carbocycles. The molecule has 20 heavy (non-hydrogen) atoms. The second-order valence-electron chi connectivity index (χ2n) is 3.83. The summed E-state index contributed by atoms with van der Waals surface area (Å²) in [5.74, 6) is -1.45. The van der Waals surface area contributed by atoms with E-state index in [4.69, 9.17) is 0 Å². The number of nitrogens with one attached hydrogen (secondary N) is 1. The van der Waals surface area contributed by atoms with Gasteiger partial charge in [0.05, 0.1) is 20.3 Å². The summed E-state index contributed by atoms with van der Waals surface area (Å²) in [5.41, 5.74) is 1.03. The molecule has 6 heteroatoms. The molecule has 1 aromatic carbocycles. The van der Waals surface area contributed by atoms with Crippen molar-refractivity contribution < 1.29 is 23.9 Å². The van der Waals surface area contributed by atoms with Crippen LogP contribution in [0.3, 0.4) is 0 Å². The van der Waals surface area contributed by atoms with Crippen molar-refractivity contribution >= 4 is 23.4 Å². The molecule has 6 nitrogen and oxygen atoms in total. The Morgan fingerprint density at radius 1 is 1.05 bits per heavy atom. The lowest BCUT2D eigenvalue weighted by atomic mass is 10.1. The zero-order valence-corrected chi connectivity index (χ0v) is 11.4. The predicted octanol–water partition coefficient (Wildman–Crippen LogP) is 1.53. The Morgan fingerprint density at radius 2 is 1.65 bits per heavy atom. The minimum absolute atomic E-state index is 0.0603. The summed E-state index contributed by atoms with van der Waals surface area (Å²) in [6.45, 7) is 1.46. The zero-order valence-electron chi connectivity index (χ0n) is 11.4. The molecular weight excluding hydrogens is 262 g/mol. The SMILES string of the molecule is COC(=O)/C=C(\Nc1ccc(C(C)=O)cc1)C(=O)OC. The van der Waals surface area contributed by atoms with E-state index < -0.39 is 11.9 Å². The van der Waals surface area contributed by atoms with Crippen LogP contribution in [0.2, 0.25) is 0 Å². The van der Waals surface area contributed by atoms with Crippen molar-refractivity contribution in [3.05, 3.63) is 41.6 Å². The first-order valence-corrected chi connectivity index (χ1v) is 5.74. The van der Waals surface area contributed by atoms with Crippen molar-refractivity contribution in [1.82, 2.24) is 0 Å². The molecule has 1 N–H and O–H groups in total. The summed E-state index contributed by atoms with van der Waals surface area (Å²) in [7, 11) is 2.41. The molecule has 0 aliphatic carbocycles. The fourth-order valence-corrected chi connectivity index (χ4v) is 1.38. The van der Waals surface area contributed by atoms with Crippen LogP contribution in [0, 0.1) is 0 Å². The standard InChI is InChI=1S/C14H15NO5/c1-9(16)10-4-6-11(7-5-10)15-12(14(18)20-3)8-13(17)19-2/h4-8,15H,1-3H3/b12-8-. The third-order valence-electron chi connectivity index (χ3n) is 2.44. The van der Waals surface area contributed by atoms with Gasteiger partial charge in [-0.15, -0.1) is 0 Å². The van der Waals surface area contributed by atoms with Crippen molar-refractivity contribution in [1.29, 1.82) is 0 Å². The quantitative estimate of drug-likeness (QED) is 0.499. The molecule has 0 heterocycles. The highest BCUT2D eigenvalue weighted by Crippen LogP contribution is 2.13. The van der Waals surface area contributed by atoms with Gasteiger partial charge in [0.1, 0.15) is 5.70 Å². The average Bonchev–Trinajstić information content (AvgIpc) is 2.46. The fourth-order valence-electron chi connectivity index (χ4n) is 1.38. The van der Waals surface area contributed by atoms with Gasteiger partial charge in [-0.05, 0) is 31.2 Å². The van der Waals surface area contributed by atoms with Crippen LogP contribution in [0.1, 0.15) is 17.3 Å². The molecule has 1 rings (SSSR count). The monoisotopic (exact) mass is 277 g/mol. The number of hydrogen-bond donors (Lipinski definition) is 1. The number of anilines is 1. The number of esters is 2. The topological polar surface area (TPSA) is 81.7 Å². The van der Waals surface area contributed by atoms with Gasteiger partial charge in [-0.2, -0.15) is 0 Å². The second-order valence-corrected chi connectivity index (χ2v) is 3.83. The third kappa shape index (κ3) is 4.24. The number of rotatable bonds is 5. The van der Waals surface area contributed by atoms with Gasteiger partial charge < -0.3 is 14.8 Å². The van der Waals surface area contributed by atoms with Crippen LogP contribution in [0.25, 0.3) is 0 Å². The Bertz CT molecular complexity index is 545. The van der Waals surface area contributed by atoms with E-state index in [1.807, 2.05) is 0 Å². The first-order valence-electron chi connectivity index (χ1n) is 5.74. The number of carbonyl (C=O) groups excluding carboxylic acids is 3. The van der Waals surface area contributed by atoms with Gasteiger partial charge in [-0.1, -0.05) is 0 Å². The van der Waals surface area contributed by atoms with Crippen LogP contribution in [0.4, 0.5) is 5.69 Å². The molecule has 0 aliphatic rings. The zero-order chi connectivity index (χ0) is 15.1.